The van der Waals surface area contributed by atoms with Gasteiger partial charge < -0.3 is 5.32 Å². The van der Waals surface area contributed by atoms with Gasteiger partial charge in [-0.1, -0.05) is 18.0 Å². The van der Waals surface area contributed by atoms with Crippen LogP contribution in [0.25, 0.3) is 0 Å². The summed E-state index contributed by atoms with van der Waals surface area (Å²) in [6, 6.07) is 3.64. The first kappa shape index (κ1) is 12.0. The van der Waals surface area contributed by atoms with Crippen molar-refractivity contribution in [3.05, 3.63) is 17.3 Å². The van der Waals surface area contributed by atoms with Gasteiger partial charge in [-0.15, -0.1) is 10.2 Å². The zero-order valence-electron chi connectivity index (χ0n) is 8.86. The van der Waals surface area contributed by atoms with Crippen LogP contribution >= 0.6 is 11.6 Å². The van der Waals surface area contributed by atoms with Gasteiger partial charge in [0.15, 0.2) is 5.15 Å². The number of nitrogens with one attached hydrogen (secondary N) is 1. The van der Waals surface area contributed by atoms with Gasteiger partial charge in [0.25, 0.3) is 0 Å². The van der Waals surface area contributed by atoms with Crippen molar-refractivity contribution >= 4 is 22.4 Å². The Kier molecular flexibility index (Phi) is 4.26. The Hall–Kier alpha value is -0.520. The number of aromatic nitrogens is 2. The fourth-order valence-electron chi connectivity index (χ4n) is 1.76. The van der Waals surface area contributed by atoms with Crippen molar-refractivity contribution in [2.75, 3.05) is 12.3 Å². The van der Waals surface area contributed by atoms with Crippen molar-refractivity contribution in [2.24, 2.45) is 0 Å². The molecule has 88 valence electrons. The van der Waals surface area contributed by atoms with E-state index in [1.165, 1.54) is 12.8 Å². The van der Waals surface area contributed by atoms with E-state index in [-0.39, 0.29) is 0 Å². The predicted molar refractivity (Wildman–Crippen MR) is 64.0 cm³/mol. The van der Waals surface area contributed by atoms with Gasteiger partial charge >= 0.3 is 0 Å². The Labute approximate surface area is 102 Å². The van der Waals surface area contributed by atoms with E-state index in [1.54, 1.807) is 12.1 Å². The van der Waals surface area contributed by atoms with Crippen LogP contribution in [-0.2, 0) is 10.8 Å². The van der Waals surface area contributed by atoms with Crippen LogP contribution in [-0.4, -0.2) is 32.7 Å². The lowest BCUT2D eigenvalue weighted by Crippen LogP contribution is -2.38. The highest BCUT2D eigenvalue weighted by Gasteiger charge is 2.17. The van der Waals surface area contributed by atoms with Crippen LogP contribution in [0.1, 0.15) is 19.3 Å². The quantitative estimate of drug-likeness (QED) is 0.891. The Bertz CT molecular complexity index is 365. The molecule has 2 heterocycles. The molecule has 1 aliphatic rings. The molecule has 2 atom stereocenters. The molecule has 0 aromatic carbocycles. The molecule has 0 bridgehead atoms. The molecule has 0 aliphatic carbocycles. The largest absolute Gasteiger partial charge is 0.313 e. The SMILES string of the molecule is O=[S@@](C[C@@H]1CCCCN1)c1ccc(Cl)nn1. The lowest BCUT2D eigenvalue weighted by Gasteiger charge is -2.22. The second-order valence-electron chi connectivity index (χ2n) is 3.85. The molecule has 0 unspecified atom stereocenters. The summed E-state index contributed by atoms with van der Waals surface area (Å²) in [5.74, 6) is 0.607. The number of hydrogen-bond acceptors (Lipinski definition) is 4. The molecule has 16 heavy (non-hydrogen) atoms. The van der Waals surface area contributed by atoms with E-state index in [9.17, 15) is 4.21 Å². The standard InChI is InChI=1S/C10H14ClN3OS/c11-9-4-5-10(14-13-9)16(15)7-8-3-1-2-6-12-8/h4-5,8,12H,1-3,6-7H2/t8-,16-/m0/s1. The average molecular weight is 260 g/mol. The van der Waals surface area contributed by atoms with Crippen molar-refractivity contribution in [3.8, 4) is 0 Å². The molecule has 0 amide bonds. The second-order valence-corrected chi connectivity index (χ2v) is 5.68. The van der Waals surface area contributed by atoms with Crippen molar-refractivity contribution in [2.45, 2.75) is 30.3 Å². The summed E-state index contributed by atoms with van der Waals surface area (Å²) in [6.45, 7) is 1.02. The number of nitrogens with zero attached hydrogens (tertiary/aromatic N) is 2. The van der Waals surface area contributed by atoms with Gasteiger partial charge in [-0.05, 0) is 31.5 Å². The van der Waals surface area contributed by atoms with Gasteiger partial charge in [0, 0.05) is 11.8 Å². The molecule has 6 heteroatoms. The molecule has 0 radical (unpaired) electrons. The van der Waals surface area contributed by atoms with Crippen LogP contribution in [0, 0.1) is 0 Å². The van der Waals surface area contributed by atoms with Gasteiger partial charge in [0.1, 0.15) is 5.03 Å². The Morgan fingerprint density at radius 2 is 2.31 bits per heavy atom. The van der Waals surface area contributed by atoms with Crippen LogP contribution in [0.15, 0.2) is 17.2 Å². The maximum atomic E-state index is 11.9. The fourth-order valence-corrected chi connectivity index (χ4v) is 3.03. The van der Waals surface area contributed by atoms with Crippen molar-refractivity contribution < 1.29 is 4.21 Å². The third-order valence-electron chi connectivity index (χ3n) is 2.61. The van der Waals surface area contributed by atoms with Crippen LogP contribution in [0.5, 0.6) is 0 Å². The summed E-state index contributed by atoms with van der Waals surface area (Å²) in [4.78, 5) is 0. The van der Waals surface area contributed by atoms with Crippen molar-refractivity contribution in [1.82, 2.24) is 15.5 Å². The molecule has 0 spiro atoms. The van der Waals surface area contributed by atoms with Crippen molar-refractivity contribution in [3.63, 3.8) is 0 Å². The molecule has 4 nitrogen and oxygen atoms in total. The fraction of sp³-hybridized carbons (Fsp3) is 0.600. The highest BCUT2D eigenvalue weighted by molar-refractivity contribution is 7.85. The van der Waals surface area contributed by atoms with Crippen LogP contribution < -0.4 is 5.32 Å². The minimum absolute atomic E-state index is 0.330. The molecule has 1 N–H and O–H groups in total. The molecular formula is C10H14ClN3OS. The lowest BCUT2D eigenvalue weighted by atomic mass is 10.1. The number of rotatable bonds is 3. The van der Waals surface area contributed by atoms with Gasteiger partial charge in [-0.3, -0.25) is 4.21 Å². The van der Waals surface area contributed by atoms with E-state index in [1.807, 2.05) is 0 Å². The third kappa shape index (κ3) is 3.23. The van der Waals surface area contributed by atoms with Crippen LogP contribution in [0.2, 0.25) is 5.15 Å². The molecule has 1 saturated heterocycles. The normalized spacial score (nSPS) is 22.9. The smallest absolute Gasteiger partial charge is 0.151 e. The van der Waals surface area contributed by atoms with E-state index in [2.05, 4.69) is 15.5 Å². The molecular weight excluding hydrogens is 246 g/mol. The predicted octanol–water partition coefficient (Wildman–Crippen LogP) is 1.38. The highest BCUT2D eigenvalue weighted by Crippen LogP contribution is 2.12. The number of hydrogen-bond donors (Lipinski definition) is 1. The van der Waals surface area contributed by atoms with Gasteiger partial charge in [-0.25, -0.2) is 0 Å². The molecule has 2 rings (SSSR count). The summed E-state index contributed by atoms with van der Waals surface area (Å²) in [6.07, 6.45) is 3.51. The zero-order valence-corrected chi connectivity index (χ0v) is 10.4. The van der Waals surface area contributed by atoms with Crippen LogP contribution in [0.3, 0.4) is 0 Å². The first-order valence-corrected chi connectivity index (χ1v) is 7.06. The van der Waals surface area contributed by atoms with Gasteiger partial charge in [-0.2, -0.15) is 0 Å². The molecule has 1 aliphatic heterocycles. The average Bonchev–Trinajstić information content (AvgIpc) is 2.31. The Morgan fingerprint density at radius 3 is 2.94 bits per heavy atom. The second kappa shape index (κ2) is 5.70. The lowest BCUT2D eigenvalue weighted by molar-refractivity contribution is 0.427. The van der Waals surface area contributed by atoms with E-state index in [0.29, 0.717) is 22.0 Å². The first-order valence-electron chi connectivity index (χ1n) is 5.37. The molecule has 1 aromatic rings. The van der Waals surface area contributed by atoms with E-state index >= 15 is 0 Å². The third-order valence-corrected chi connectivity index (χ3v) is 4.20. The summed E-state index contributed by atoms with van der Waals surface area (Å²) in [5, 5.41) is 11.7. The van der Waals surface area contributed by atoms with Gasteiger partial charge in [0.05, 0.1) is 10.8 Å². The van der Waals surface area contributed by atoms with Gasteiger partial charge in [0.2, 0.25) is 0 Å². The molecule has 1 fully saturated rings. The minimum atomic E-state index is -1.08. The maximum Gasteiger partial charge on any atom is 0.151 e. The number of halogens is 1. The highest BCUT2D eigenvalue weighted by atomic mass is 35.5. The minimum Gasteiger partial charge on any atom is -0.313 e. The van der Waals surface area contributed by atoms with Crippen molar-refractivity contribution in [1.29, 1.82) is 0 Å². The maximum absolute atomic E-state index is 11.9. The Balaban J connectivity index is 1.94. The monoisotopic (exact) mass is 259 g/mol. The topological polar surface area (TPSA) is 54.9 Å². The Morgan fingerprint density at radius 1 is 1.44 bits per heavy atom. The van der Waals surface area contributed by atoms with E-state index in [0.717, 1.165) is 13.0 Å². The summed E-state index contributed by atoms with van der Waals surface area (Å²) >= 11 is 5.62. The van der Waals surface area contributed by atoms with E-state index in [4.69, 9.17) is 11.6 Å². The number of piperidine rings is 1. The molecule has 0 saturated carbocycles. The van der Waals surface area contributed by atoms with Crippen LogP contribution in [0.4, 0.5) is 0 Å². The first-order chi connectivity index (χ1) is 7.75. The summed E-state index contributed by atoms with van der Waals surface area (Å²) < 4.78 is 11.9. The van der Waals surface area contributed by atoms with E-state index < -0.39 is 10.8 Å². The summed E-state index contributed by atoms with van der Waals surface area (Å²) in [5.41, 5.74) is 0. The molecule has 1 aromatic heterocycles. The zero-order chi connectivity index (χ0) is 11.4. The summed E-state index contributed by atoms with van der Waals surface area (Å²) in [7, 11) is -1.08.